The summed E-state index contributed by atoms with van der Waals surface area (Å²) in [6, 6.07) is 8.45. The first-order valence-corrected chi connectivity index (χ1v) is 7.85. The van der Waals surface area contributed by atoms with E-state index < -0.39 is 0 Å². The predicted octanol–water partition coefficient (Wildman–Crippen LogP) is 3.14. The Labute approximate surface area is 125 Å². The van der Waals surface area contributed by atoms with Gasteiger partial charge in [-0.15, -0.1) is 0 Å². The highest BCUT2D eigenvalue weighted by Crippen LogP contribution is 2.29. The number of halogens is 1. The smallest absolute Gasteiger partial charge is 0.240 e. The van der Waals surface area contributed by atoms with Crippen LogP contribution in [0.2, 0.25) is 5.02 Å². The van der Waals surface area contributed by atoms with E-state index in [1.165, 1.54) is 18.4 Å². The highest BCUT2D eigenvalue weighted by Gasteiger charge is 2.40. The Morgan fingerprint density at radius 2 is 2.05 bits per heavy atom. The molecular weight excluding hydrogens is 272 g/mol. The van der Waals surface area contributed by atoms with Gasteiger partial charge in [0.1, 0.15) is 0 Å². The van der Waals surface area contributed by atoms with Crippen molar-refractivity contribution in [3.05, 3.63) is 34.9 Å². The zero-order valence-corrected chi connectivity index (χ0v) is 12.6. The predicted molar refractivity (Wildman–Crippen MR) is 80.8 cm³/mol. The maximum Gasteiger partial charge on any atom is 0.240 e. The Balaban J connectivity index is 1.65. The highest BCUT2D eigenvalue weighted by atomic mass is 35.5. The van der Waals surface area contributed by atoms with Gasteiger partial charge in [0.25, 0.3) is 0 Å². The lowest BCUT2D eigenvalue weighted by Crippen LogP contribution is -2.41. The van der Waals surface area contributed by atoms with Crippen molar-refractivity contribution in [2.45, 2.75) is 50.7 Å². The van der Waals surface area contributed by atoms with Crippen molar-refractivity contribution in [1.29, 1.82) is 0 Å². The molecule has 0 saturated carbocycles. The summed E-state index contributed by atoms with van der Waals surface area (Å²) in [6.07, 6.45) is 4.53. The van der Waals surface area contributed by atoms with E-state index in [9.17, 15) is 4.79 Å². The van der Waals surface area contributed by atoms with E-state index in [1.54, 1.807) is 0 Å². The first-order chi connectivity index (χ1) is 9.65. The minimum absolute atomic E-state index is 0.0243. The monoisotopic (exact) mass is 292 g/mol. The first kappa shape index (κ1) is 13.9. The molecule has 3 atom stereocenters. The number of piperidine rings is 1. The average Bonchev–Trinajstić information content (AvgIpc) is 2.77. The van der Waals surface area contributed by atoms with Crippen molar-refractivity contribution in [1.82, 2.24) is 10.2 Å². The number of nitrogens with one attached hydrogen (secondary N) is 1. The normalized spacial score (nSPS) is 27.5. The van der Waals surface area contributed by atoms with Crippen molar-refractivity contribution in [2.75, 3.05) is 6.54 Å². The molecule has 108 valence electrons. The molecule has 1 aromatic carbocycles. The maximum absolute atomic E-state index is 12.4. The van der Waals surface area contributed by atoms with Gasteiger partial charge in [-0.05, 0) is 50.3 Å². The standard InChI is InChI=1S/C16H21ClN2O/c1-11(12-5-7-13(17)8-6-12)18-15-10-14-4-2-3-9-19(14)16(15)20/h5-8,11,14-15,18H,2-4,9-10H2,1H3. The minimum atomic E-state index is -0.0243. The first-order valence-electron chi connectivity index (χ1n) is 7.47. The van der Waals surface area contributed by atoms with E-state index in [-0.39, 0.29) is 18.0 Å². The molecule has 0 bridgehead atoms. The van der Waals surface area contributed by atoms with Crippen molar-refractivity contribution < 1.29 is 4.79 Å². The minimum Gasteiger partial charge on any atom is -0.338 e. The number of amides is 1. The molecule has 20 heavy (non-hydrogen) atoms. The van der Waals surface area contributed by atoms with Crippen LogP contribution in [0.25, 0.3) is 0 Å². The molecule has 3 unspecified atom stereocenters. The molecule has 2 heterocycles. The van der Waals surface area contributed by atoms with Crippen LogP contribution in [0, 0.1) is 0 Å². The Hall–Kier alpha value is -1.06. The summed E-state index contributed by atoms with van der Waals surface area (Å²) in [6.45, 7) is 3.05. The van der Waals surface area contributed by atoms with E-state index in [2.05, 4.69) is 17.1 Å². The summed E-state index contributed by atoms with van der Waals surface area (Å²) in [5.41, 5.74) is 1.17. The van der Waals surface area contributed by atoms with Gasteiger partial charge in [0.05, 0.1) is 6.04 Å². The van der Waals surface area contributed by atoms with Crippen molar-refractivity contribution in [3.8, 4) is 0 Å². The van der Waals surface area contributed by atoms with Crippen LogP contribution >= 0.6 is 11.6 Å². The molecule has 0 aromatic heterocycles. The zero-order valence-electron chi connectivity index (χ0n) is 11.8. The number of carbonyl (C=O) groups excluding carboxylic acids is 1. The molecule has 1 aromatic rings. The van der Waals surface area contributed by atoms with Crippen LogP contribution < -0.4 is 5.32 Å². The molecule has 2 saturated heterocycles. The van der Waals surface area contributed by atoms with Crippen LogP contribution in [0.4, 0.5) is 0 Å². The largest absolute Gasteiger partial charge is 0.338 e. The van der Waals surface area contributed by atoms with Gasteiger partial charge < -0.3 is 4.90 Å². The second kappa shape index (κ2) is 5.74. The summed E-state index contributed by atoms with van der Waals surface area (Å²) in [5.74, 6) is 0.288. The zero-order chi connectivity index (χ0) is 14.1. The average molecular weight is 293 g/mol. The van der Waals surface area contributed by atoms with Gasteiger partial charge in [-0.2, -0.15) is 0 Å². The number of rotatable bonds is 3. The molecule has 4 heteroatoms. The van der Waals surface area contributed by atoms with Gasteiger partial charge in [0, 0.05) is 23.7 Å². The molecule has 1 amide bonds. The Bertz CT molecular complexity index is 488. The van der Waals surface area contributed by atoms with E-state index in [0.717, 1.165) is 24.4 Å². The third-order valence-electron chi connectivity index (χ3n) is 4.54. The Morgan fingerprint density at radius 3 is 2.75 bits per heavy atom. The van der Waals surface area contributed by atoms with E-state index in [0.29, 0.717) is 6.04 Å². The van der Waals surface area contributed by atoms with Gasteiger partial charge in [-0.3, -0.25) is 10.1 Å². The Kier molecular flexibility index (Phi) is 3.99. The number of nitrogens with zero attached hydrogens (tertiary/aromatic N) is 1. The lowest BCUT2D eigenvalue weighted by Gasteiger charge is -2.29. The molecule has 3 rings (SSSR count). The third kappa shape index (κ3) is 2.70. The molecule has 0 spiro atoms. The second-order valence-corrected chi connectivity index (χ2v) is 6.35. The number of hydrogen-bond donors (Lipinski definition) is 1. The lowest BCUT2D eigenvalue weighted by molar-refractivity contribution is -0.131. The quantitative estimate of drug-likeness (QED) is 0.928. The number of benzene rings is 1. The van der Waals surface area contributed by atoms with E-state index in [1.807, 2.05) is 24.3 Å². The fraction of sp³-hybridized carbons (Fsp3) is 0.562. The summed E-state index contributed by atoms with van der Waals surface area (Å²) >= 11 is 5.91. The summed E-state index contributed by atoms with van der Waals surface area (Å²) < 4.78 is 0. The molecule has 0 aliphatic carbocycles. The fourth-order valence-electron chi connectivity index (χ4n) is 3.40. The van der Waals surface area contributed by atoms with Crippen LogP contribution in [0.15, 0.2) is 24.3 Å². The van der Waals surface area contributed by atoms with Gasteiger partial charge in [0.15, 0.2) is 0 Å². The molecule has 0 radical (unpaired) electrons. The fourth-order valence-corrected chi connectivity index (χ4v) is 3.52. The van der Waals surface area contributed by atoms with Crippen molar-refractivity contribution in [2.24, 2.45) is 0 Å². The number of carbonyl (C=O) groups is 1. The van der Waals surface area contributed by atoms with Crippen LogP contribution in [0.1, 0.15) is 44.2 Å². The summed E-state index contributed by atoms with van der Waals surface area (Å²) in [7, 11) is 0. The van der Waals surface area contributed by atoms with Crippen molar-refractivity contribution >= 4 is 17.5 Å². The molecule has 3 nitrogen and oxygen atoms in total. The summed E-state index contributed by atoms with van der Waals surface area (Å²) in [4.78, 5) is 14.5. The second-order valence-electron chi connectivity index (χ2n) is 5.91. The van der Waals surface area contributed by atoms with Gasteiger partial charge >= 0.3 is 0 Å². The SMILES string of the molecule is CC(NC1CC2CCCCN2C1=O)c1ccc(Cl)cc1. The van der Waals surface area contributed by atoms with Gasteiger partial charge in [-0.25, -0.2) is 0 Å². The highest BCUT2D eigenvalue weighted by molar-refractivity contribution is 6.30. The number of hydrogen-bond acceptors (Lipinski definition) is 2. The molecular formula is C16H21ClN2O. The Morgan fingerprint density at radius 1 is 1.30 bits per heavy atom. The van der Waals surface area contributed by atoms with Crippen LogP contribution in [-0.2, 0) is 4.79 Å². The molecule has 2 fully saturated rings. The van der Waals surface area contributed by atoms with Gasteiger partial charge in [-0.1, -0.05) is 23.7 Å². The topological polar surface area (TPSA) is 32.3 Å². The molecule has 1 N–H and O–H groups in total. The van der Waals surface area contributed by atoms with Crippen molar-refractivity contribution in [3.63, 3.8) is 0 Å². The van der Waals surface area contributed by atoms with Crippen LogP contribution in [0.5, 0.6) is 0 Å². The van der Waals surface area contributed by atoms with Crippen LogP contribution in [-0.4, -0.2) is 29.4 Å². The van der Waals surface area contributed by atoms with Gasteiger partial charge in [0.2, 0.25) is 5.91 Å². The maximum atomic E-state index is 12.4. The van der Waals surface area contributed by atoms with E-state index >= 15 is 0 Å². The third-order valence-corrected chi connectivity index (χ3v) is 4.79. The number of fused-ring (bicyclic) bond motifs is 1. The molecule has 2 aliphatic rings. The molecule has 2 aliphatic heterocycles. The van der Waals surface area contributed by atoms with Crippen LogP contribution in [0.3, 0.4) is 0 Å². The lowest BCUT2D eigenvalue weighted by atomic mass is 10.0. The van der Waals surface area contributed by atoms with E-state index in [4.69, 9.17) is 11.6 Å². The summed E-state index contributed by atoms with van der Waals surface area (Å²) in [5, 5.41) is 4.23.